The Hall–Kier alpha value is -4.16. The van der Waals surface area contributed by atoms with Crippen molar-refractivity contribution < 1.29 is 16.8 Å². The van der Waals surface area contributed by atoms with Crippen molar-refractivity contribution in [2.75, 3.05) is 9.44 Å². The van der Waals surface area contributed by atoms with Gasteiger partial charge in [0.15, 0.2) is 11.5 Å². The van der Waals surface area contributed by atoms with E-state index < -0.39 is 22.5 Å². The molecule has 5 rings (SSSR count). The van der Waals surface area contributed by atoms with Crippen molar-refractivity contribution in [1.82, 2.24) is 19.8 Å². The summed E-state index contributed by atoms with van der Waals surface area (Å²) < 4.78 is 47.0. The molecular weight excluding hydrogens is 741 g/mol. The average Bonchev–Trinajstić information content (AvgIpc) is 3.61. The number of rotatable bonds is 13. The van der Waals surface area contributed by atoms with E-state index in [-0.39, 0.29) is 27.1 Å². The summed E-state index contributed by atoms with van der Waals surface area (Å²) in [6.07, 6.45) is 1.93. The van der Waals surface area contributed by atoms with Crippen molar-refractivity contribution in [1.29, 1.82) is 0 Å². The highest BCUT2D eigenvalue weighted by atomic mass is 32.2. The van der Waals surface area contributed by atoms with Gasteiger partial charge < -0.3 is 8.37 Å². The highest BCUT2D eigenvalue weighted by Crippen LogP contribution is 2.40. The zero-order valence-electron chi connectivity index (χ0n) is 36.0. The number of hydrogen-bond acceptors (Lipinski definition) is 6. The monoisotopic (exact) mass is 802 g/mol. The number of aromatic nitrogens is 4. The van der Waals surface area contributed by atoms with Crippen LogP contribution >= 0.6 is 0 Å². The van der Waals surface area contributed by atoms with E-state index in [1.54, 1.807) is 22.8 Å². The molecule has 0 radical (unpaired) electrons. The van der Waals surface area contributed by atoms with Gasteiger partial charge in [0.25, 0.3) is 0 Å². The van der Waals surface area contributed by atoms with Gasteiger partial charge in [-0.1, -0.05) is 114 Å². The predicted octanol–water partition coefficient (Wildman–Crippen LogP) is 11.2. The normalized spacial score (nSPS) is 14.1. The molecule has 2 unspecified atom stereocenters. The first-order chi connectivity index (χ1) is 25.7. The maximum atomic E-state index is 13.6. The Morgan fingerprint density at radius 2 is 1.09 bits per heavy atom. The molecule has 0 saturated heterocycles. The van der Waals surface area contributed by atoms with E-state index >= 15 is 0 Å². The van der Waals surface area contributed by atoms with E-state index in [0.717, 1.165) is 40.8 Å². The van der Waals surface area contributed by atoms with Gasteiger partial charge in [0.1, 0.15) is 11.5 Å². The summed E-state index contributed by atoms with van der Waals surface area (Å²) in [7, 11) is 0. The van der Waals surface area contributed by atoms with Crippen molar-refractivity contribution in [3.63, 3.8) is 0 Å². The molecule has 3 N–H and O–H groups in total. The van der Waals surface area contributed by atoms with Gasteiger partial charge in [-0.05, 0) is 101 Å². The third kappa shape index (κ3) is 11.0. The zero-order valence-corrected chi connectivity index (χ0v) is 37.6. The Balaban J connectivity index is 1.44. The number of nitrogens with zero attached hydrogens (tertiary/aromatic N) is 3. The minimum absolute atomic E-state index is 0.113. The van der Waals surface area contributed by atoms with Crippen LogP contribution in [0.15, 0.2) is 60.7 Å². The summed E-state index contributed by atoms with van der Waals surface area (Å²) in [5.74, 6) is 1.49. The first-order valence-corrected chi connectivity index (χ1v) is 21.4. The van der Waals surface area contributed by atoms with Crippen LogP contribution in [0.4, 0.5) is 11.4 Å². The van der Waals surface area contributed by atoms with Crippen molar-refractivity contribution in [3.8, 4) is 22.9 Å². The molecule has 0 bridgehead atoms. The second-order valence-electron chi connectivity index (χ2n) is 20.0. The van der Waals surface area contributed by atoms with E-state index in [2.05, 4.69) is 117 Å². The Labute approximate surface area is 339 Å². The fraction of sp³-hybridized carbons (Fsp3) is 0.500. The summed E-state index contributed by atoms with van der Waals surface area (Å²) in [6, 6.07) is 19.5. The molecule has 0 spiro atoms. The number of aromatic amines is 1. The van der Waals surface area contributed by atoms with Gasteiger partial charge in [-0.15, -0.1) is 5.10 Å². The van der Waals surface area contributed by atoms with Crippen LogP contribution < -0.4 is 17.8 Å². The molecule has 0 aliphatic heterocycles. The number of hydrogen-bond donors (Lipinski definition) is 3. The smallest absolute Gasteiger partial charge is 0.316 e. The molecule has 12 heteroatoms. The number of anilines is 2. The molecule has 56 heavy (non-hydrogen) atoms. The van der Waals surface area contributed by atoms with E-state index in [1.165, 1.54) is 0 Å². The van der Waals surface area contributed by atoms with Gasteiger partial charge in [-0.25, -0.2) is 4.98 Å². The summed E-state index contributed by atoms with van der Waals surface area (Å²) in [6.45, 7) is 32.5. The van der Waals surface area contributed by atoms with Crippen LogP contribution in [0, 0.1) is 24.7 Å². The van der Waals surface area contributed by atoms with Gasteiger partial charge in [0.2, 0.25) is 0 Å². The second kappa shape index (κ2) is 15.6. The fourth-order valence-electron chi connectivity index (χ4n) is 7.63. The number of nitrogens with one attached hydrogen (secondary N) is 3. The Kier molecular flexibility index (Phi) is 12.0. The lowest BCUT2D eigenvalue weighted by atomic mass is 9.72. The summed E-state index contributed by atoms with van der Waals surface area (Å²) >= 11 is -3.96. The van der Waals surface area contributed by atoms with Crippen LogP contribution in [-0.4, -0.2) is 28.2 Å². The lowest BCUT2D eigenvalue weighted by Crippen LogP contribution is -2.25. The summed E-state index contributed by atoms with van der Waals surface area (Å²) in [4.78, 5) is 4.78. The minimum Gasteiger partial charge on any atom is -0.385 e. The maximum absolute atomic E-state index is 13.6. The lowest BCUT2D eigenvalue weighted by Gasteiger charge is -2.33. The molecule has 5 aromatic rings. The van der Waals surface area contributed by atoms with Crippen LogP contribution in [0.2, 0.25) is 0 Å². The van der Waals surface area contributed by atoms with Crippen molar-refractivity contribution in [3.05, 3.63) is 88.6 Å². The molecular formula is C44H62N6O4S2. The largest absolute Gasteiger partial charge is 0.385 e. The third-order valence-corrected chi connectivity index (χ3v) is 11.2. The van der Waals surface area contributed by atoms with Crippen LogP contribution in [-0.2, 0) is 38.8 Å². The van der Waals surface area contributed by atoms with Crippen LogP contribution in [0.5, 0.6) is 11.5 Å². The van der Waals surface area contributed by atoms with Gasteiger partial charge in [0, 0.05) is 22.7 Å². The molecule has 0 fully saturated rings. The van der Waals surface area contributed by atoms with E-state index in [1.807, 2.05) is 44.2 Å². The Morgan fingerprint density at radius 3 is 1.48 bits per heavy atom. The third-order valence-electron chi connectivity index (χ3n) is 9.75. The van der Waals surface area contributed by atoms with E-state index in [4.69, 9.17) is 18.4 Å². The van der Waals surface area contributed by atoms with Gasteiger partial charge in [0.05, 0.1) is 11.4 Å². The van der Waals surface area contributed by atoms with Crippen molar-refractivity contribution in [2.24, 2.45) is 10.8 Å². The van der Waals surface area contributed by atoms with Crippen LogP contribution in [0.25, 0.3) is 17.0 Å². The molecule has 2 heterocycles. The lowest BCUT2D eigenvalue weighted by molar-refractivity contribution is 0.283. The molecule has 0 saturated carbocycles. The van der Waals surface area contributed by atoms with Gasteiger partial charge in [-0.2, -0.15) is 13.0 Å². The molecule has 0 aliphatic rings. The maximum Gasteiger partial charge on any atom is 0.316 e. The molecule has 2 aromatic heterocycles. The topological polar surface area (TPSA) is 123 Å². The fourth-order valence-corrected chi connectivity index (χ4v) is 9.02. The molecule has 0 amide bonds. The van der Waals surface area contributed by atoms with Crippen LogP contribution in [0.1, 0.15) is 131 Å². The highest BCUT2D eigenvalue weighted by molar-refractivity contribution is 7.82. The van der Waals surface area contributed by atoms with Gasteiger partial charge in [-0.3, -0.25) is 14.5 Å². The minimum atomic E-state index is -1.98. The second-order valence-corrected chi connectivity index (χ2v) is 21.6. The molecule has 3 aromatic carbocycles. The standard InChI is InChI=1S/C44H62N6O4S2/c1-28-16-18-31(43(12,13)26-40(3,4)5)22-35(28)53-55(51)48-33-20-30(39-45-38-25-37(42(9,10)11)46-50(38)47-39)21-34(24-33)49-56(52)54-36-23-32(19-17-29(36)2)44(14,15)27-41(6,7)8/h16-25,46,48-49H,26-27H2,1-15H3. The van der Waals surface area contributed by atoms with Crippen molar-refractivity contribution in [2.45, 2.75) is 133 Å². The van der Waals surface area contributed by atoms with E-state index in [9.17, 15) is 8.42 Å². The first-order valence-electron chi connectivity index (χ1n) is 19.3. The molecule has 304 valence electrons. The summed E-state index contributed by atoms with van der Waals surface area (Å²) in [5, 5.41) is 8.03. The number of benzene rings is 3. The summed E-state index contributed by atoms with van der Waals surface area (Å²) in [5.41, 5.74) is 6.99. The first kappa shape index (κ1) is 43.0. The zero-order chi connectivity index (χ0) is 41.6. The average molecular weight is 803 g/mol. The van der Waals surface area contributed by atoms with Crippen LogP contribution in [0.3, 0.4) is 0 Å². The Morgan fingerprint density at radius 1 is 0.643 bits per heavy atom. The van der Waals surface area contributed by atoms with Crippen molar-refractivity contribution >= 4 is 39.6 Å². The molecule has 10 nitrogen and oxygen atoms in total. The van der Waals surface area contributed by atoms with Gasteiger partial charge >= 0.3 is 22.5 Å². The highest BCUT2D eigenvalue weighted by Gasteiger charge is 2.29. The Bertz CT molecular complexity index is 2110. The predicted molar refractivity (Wildman–Crippen MR) is 233 cm³/mol. The number of H-pyrrole nitrogens is 1. The van der Waals surface area contributed by atoms with E-state index in [0.29, 0.717) is 39.9 Å². The quantitative estimate of drug-likeness (QED) is 0.109. The number of fused-ring (bicyclic) bond motifs is 1. The molecule has 2 atom stereocenters. The number of aryl methyl sites for hydroxylation is 2. The molecule has 0 aliphatic carbocycles. The SMILES string of the molecule is Cc1ccc(C(C)(C)CC(C)(C)C)cc1OS(=O)Nc1cc(NS(=O)Oc2cc(C(C)(C)CC(C)(C)C)ccc2C)cc(-c2nc3cc(C(C)(C)C)[nH]n3n2)c1.